The van der Waals surface area contributed by atoms with Crippen LogP contribution in [-0.2, 0) is 14.3 Å². The van der Waals surface area contributed by atoms with E-state index in [4.69, 9.17) is 9.84 Å². The van der Waals surface area contributed by atoms with Crippen molar-refractivity contribution in [1.82, 2.24) is 4.90 Å². The molecule has 0 aromatic heterocycles. The van der Waals surface area contributed by atoms with Crippen LogP contribution in [0.5, 0.6) is 0 Å². The van der Waals surface area contributed by atoms with Crippen LogP contribution in [0.4, 0.5) is 0 Å². The molecule has 0 aliphatic heterocycles. The van der Waals surface area contributed by atoms with E-state index in [0.717, 1.165) is 0 Å². The van der Waals surface area contributed by atoms with Crippen LogP contribution in [0.15, 0.2) is 12.7 Å². The van der Waals surface area contributed by atoms with Crippen LogP contribution >= 0.6 is 0 Å². The third-order valence-corrected chi connectivity index (χ3v) is 2.77. The topological polar surface area (TPSA) is 66.8 Å². The minimum atomic E-state index is -1.17. The van der Waals surface area contributed by atoms with Crippen molar-refractivity contribution < 1.29 is 19.4 Å². The Hall–Kier alpha value is -1.36. The lowest BCUT2D eigenvalue weighted by Gasteiger charge is -2.24. The lowest BCUT2D eigenvalue weighted by Crippen LogP contribution is -2.42. The van der Waals surface area contributed by atoms with Crippen molar-refractivity contribution in [2.24, 2.45) is 5.41 Å². The summed E-state index contributed by atoms with van der Waals surface area (Å²) in [5.41, 5.74) is -1.17. The molecule has 0 unspecified atom stereocenters. The highest BCUT2D eigenvalue weighted by molar-refractivity contribution is 6.04. The number of carboxylic acid groups (broad SMARTS) is 1. The minimum absolute atomic E-state index is 0.322. The number of carbonyl (C=O) groups is 2. The lowest BCUT2D eigenvalue weighted by molar-refractivity contribution is -0.153. The Bertz CT molecular complexity index is 296. The van der Waals surface area contributed by atoms with E-state index in [1.807, 2.05) is 0 Å². The van der Waals surface area contributed by atoms with Gasteiger partial charge in [-0.15, -0.1) is 6.58 Å². The smallest absolute Gasteiger partial charge is 0.319 e. The predicted octanol–water partition coefficient (Wildman–Crippen LogP) is 0.512. The maximum Gasteiger partial charge on any atom is 0.319 e. The van der Waals surface area contributed by atoms with Gasteiger partial charge in [-0.2, -0.15) is 0 Å². The molecule has 0 spiro atoms. The molecule has 0 aromatic carbocycles. The molecule has 5 nitrogen and oxygen atoms in total. The number of rotatable bonds is 7. The third kappa shape index (κ3) is 2.41. The SMILES string of the molecule is C=CCN(CCOC)C(=O)C1(C(=O)O)CC1. The first-order valence-electron chi connectivity index (χ1n) is 5.21. The monoisotopic (exact) mass is 227 g/mol. The van der Waals surface area contributed by atoms with Gasteiger partial charge in [0.2, 0.25) is 5.91 Å². The third-order valence-electron chi connectivity index (χ3n) is 2.77. The second-order valence-electron chi connectivity index (χ2n) is 3.92. The highest BCUT2D eigenvalue weighted by atomic mass is 16.5. The molecule has 1 fully saturated rings. The van der Waals surface area contributed by atoms with Crippen LogP contribution in [0.2, 0.25) is 0 Å². The van der Waals surface area contributed by atoms with Gasteiger partial charge < -0.3 is 14.7 Å². The molecule has 1 saturated carbocycles. The minimum Gasteiger partial charge on any atom is -0.480 e. The van der Waals surface area contributed by atoms with E-state index in [1.165, 1.54) is 4.90 Å². The maximum atomic E-state index is 12.0. The zero-order valence-electron chi connectivity index (χ0n) is 9.44. The number of carboxylic acids is 1. The number of aliphatic carboxylic acids is 1. The fourth-order valence-corrected chi connectivity index (χ4v) is 1.58. The Kier molecular flexibility index (Phi) is 4.06. The molecule has 1 N–H and O–H groups in total. The van der Waals surface area contributed by atoms with Crippen LogP contribution < -0.4 is 0 Å². The van der Waals surface area contributed by atoms with Gasteiger partial charge in [-0.25, -0.2) is 0 Å². The molecule has 0 bridgehead atoms. The molecular weight excluding hydrogens is 210 g/mol. The Morgan fingerprint density at radius 3 is 2.56 bits per heavy atom. The average molecular weight is 227 g/mol. The summed E-state index contributed by atoms with van der Waals surface area (Å²) in [4.78, 5) is 24.5. The molecule has 1 aliphatic rings. The van der Waals surface area contributed by atoms with E-state index in [1.54, 1.807) is 13.2 Å². The summed E-state index contributed by atoms with van der Waals surface area (Å²) in [5.74, 6) is -1.35. The summed E-state index contributed by atoms with van der Waals surface area (Å²) < 4.78 is 4.89. The van der Waals surface area contributed by atoms with Crippen molar-refractivity contribution >= 4 is 11.9 Å². The number of ether oxygens (including phenoxy) is 1. The molecule has 5 heteroatoms. The molecule has 0 saturated heterocycles. The summed E-state index contributed by atoms with van der Waals surface area (Å²) in [6.07, 6.45) is 2.45. The van der Waals surface area contributed by atoms with Gasteiger partial charge >= 0.3 is 5.97 Å². The van der Waals surface area contributed by atoms with Crippen molar-refractivity contribution in [2.45, 2.75) is 12.8 Å². The summed E-state index contributed by atoms with van der Waals surface area (Å²) in [7, 11) is 1.54. The van der Waals surface area contributed by atoms with Crippen molar-refractivity contribution in [3.05, 3.63) is 12.7 Å². The second-order valence-corrected chi connectivity index (χ2v) is 3.92. The van der Waals surface area contributed by atoms with E-state index in [9.17, 15) is 9.59 Å². The van der Waals surface area contributed by atoms with E-state index >= 15 is 0 Å². The molecular formula is C11H17NO4. The van der Waals surface area contributed by atoms with E-state index in [-0.39, 0.29) is 5.91 Å². The lowest BCUT2D eigenvalue weighted by atomic mass is 10.1. The number of carbonyl (C=O) groups excluding carboxylic acids is 1. The van der Waals surface area contributed by atoms with E-state index in [0.29, 0.717) is 32.5 Å². The molecule has 0 heterocycles. The van der Waals surface area contributed by atoms with Crippen LogP contribution in [0, 0.1) is 5.41 Å². The summed E-state index contributed by atoms with van der Waals surface area (Å²) in [5, 5.41) is 9.01. The molecule has 16 heavy (non-hydrogen) atoms. The van der Waals surface area contributed by atoms with Crippen molar-refractivity contribution in [3.8, 4) is 0 Å². The Labute approximate surface area is 94.7 Å². The molecule has 0 aromatic rings. The zero-order valence-corrected chi connectivity index (χ0v) is 9.44. The molecule has 90 valence electrons. The number of hydrogen-bond donors (Lipinski definition) is 1. The normalized spacial score (nSPS) is 16.6. The maximum absolute atomic E-state index is 12.0. The summed E-state index contributed by atoms with van der Waals surface area (Å²) in [6.45, 7) is 4.71. The second kappa shape index (κ2) is 5.12. The molecule has 0 radical (unpaired) electrons. The van der Waals surface area contributed by atoms with Gasteiger partial charge in [-0.1, -0.05) is 6.08 Å². The first-order chi connectivity index (χ1) is 7.58. The predicted molar refractivity (Wildman–Crippen MR) is 58.0 cm³/mol. The quantitative estimate of drug-likeness (QED) is 0.508. The van der Waals surface area contributed by atoms with Crippen molar-refractivity contribution in [1.29, 1.82) is 0 Å². The number of hydrogen-bond acceptors (Lipinski definition) is 3. The standard InChI is InChI=1S/C11H17NO4/c1-3-6-12(7-8-16-2)9(13)11(4-5-11)10(14)15/h3H,1,4-8H2,2H3,(H,14,15). The number of nitrogens with zero attached hydrogens (tertiary/aromatic N) is 1. The highest BCUT2D eigenvalue weighted by Crippen LogP contribution is 2.47. The first kappa shape index (κ1) is 12.7. The Morgan fingerprint density at radius 1 is 1.56 bits per heavy atom. The summed E-state index contributed by atoms with van der Waals surface area (Å²) >= 11 is 0. The highest BCUT2D eigenvalue weighted by Gasteiger charge is 2.58. The Morgan fingerprint density at radius 2 is 2.19 bits per heavy atom. The van der Waals surface area contributed by atoms with Gasteiger partial charge in [0.1, 0.15) is 5.41 Å². The van der Waals surface area contributed by atoms with Crippen LogP contribution in [-0.4, -0.2) is 48.7 Å². The van der Waals surface area contributed by atoms with Gasteiger partial charge in [0, 0.05) is 20.2 Å². The van der Waals surface area contributed by atoms with Gasteiger partial charge in [-0.3, -0.25) is 9.59 Å². The van der Waals surface area contributed by atoms with Gasteiger partial charge in [0.05, 0.1) is 6.61 Å². The molecule has 0 atom stereocenters. The average Bonchev–Trinajstić information content (AvgIpc) is 3.04. The number of methoxy groups -OCH3 is 1. The molecule has 1 aliphatic carbocycles. The number of amides is 1. The zero-order chi connectivity index (χ0) is 12.2. The Balaban J connectivity index is 2.67. The summed E-state index contributed by atoms with van der Waals surface area (Å²) in [6, 6.07) is 0. The molecule has 1 amide bonds. The van der Waals surface area contributed by atoms with Gasteiger partial charge in [-0.05, 0) is 12.8 Å². The van der Waals surface area contributed by atoms with Crippen LogP contribution in [0.25, 0.3) is 0 Å². The van der Waals surface area contributed by atoms with E-state index in [2.05, 4.69) is 6.58 Å². The van der Waals surface area contributed by atoms with Crippen molar-refractivity contribution in [2.75, 3.05) is 26.8 Å². The van der Waals surface area contributed by atoms with E-state index < -0.39 is 11.4 Å². The largest absolute Gasteiger partial charge is 0.480 e. The van der Waals surface area contributed by atoms with Crippen LogP contribution in [0.1, 0.15) is 12.8 Å². The first-order valence-corrected chi connectivity index (χ1v) is 5.21. The van der Waals surface area contributed by atoms with Gasteiger partial charge in [0.25, 0.3) is 0 Å². The molecule has 1 rings (SSSR count). The van der Waals surface area contributed by atoms with Gasteiger partial charge in [0.15, 0.2) is 0 Å². The van der Waals surface area contributed by atoms with Crippen LogP contribution in [0.3, 0.4) is 0 Å². The fraction of sp³-hybridized carbons (Fsp3) is 0.636. The fourth-order valence-electron chi connectivity index (χ4n) is 1.58. The van der Waals surface area contributed by atoms with Crippen molar-refractivity contribution in [3.63, 3.8) is 0 Å².